The third-order valence-corrected chi connectivity index (χ3v) is 2.33. The van der Waals surface area contributed by atoms with Crippen molar-refractivity contribution in [3.8, 4) is 0 Å². The van der Waals surface area contributed by atoms with Crippen molar-refractivity contribution < 1.29 is 17.6 Å². The van der Waals surface area contributed by atoms with Crippen LogP contribution in [0.2, 0.25) is 5.02 Å². The number of anilines is 2. The monoisotopic (exact) mass is 270 g/mol. The van der Waals surface area contributed by atoms with Crippen molar-refractivity contribution in [3.05, 3.63) is 23.0 Å². The molecule has 0 spiro atoms. The van der Waals surface area contributed by atoms with Gasteiger partial charge < -0.3 is 11.1 Å². The lowest BCUT2D eigenvalue weighted by Crippen LogP contribution is -2.11. The van der Waals surface area contributed by atoms with Gasteiger partial charge in [-0.1, -0.05) is 11.6 Å². The molecule has 0 aromatic heterocycles. The van der Waals surface area contributed by atoms with E-state index in [9.17, 15) is 17.6 Å². The van der Waals surface area contributed by atoms with Gasteiger partial charge in [-0.2, -0.15) is 13.2 Å². The maximum Gasteiger partial charge on any atom is 0.389 e. The summed E-state index contributed by atoms with van der Waals surface area (Å²) in [5, 5.41) is 2.51. The van der Waals surface area contributed by atoms with E-state index in [2.05, 4.69) is 5.32 Å². The minimum atomic E-state index is -4.18. The molecule has 7 heteroatoms. The number of nitrogen functional groups attached to an aromatic ring is 1. The van der Waals surface area contributed by atoms with Crippen molar-refractivity contribution in [1.82, 2.24) is 0 Å². The van der Waals surface area contributed by atoms with Crippen LogP contribution >= 0.6 is 11.6 Å². The maximum absolute atomic E-state index is 13.1. The quantitative estimate of drug-likeness (QED) is 0.496. The van der Waals surface area contributed by atoms with Gasteiger partial charge in [0, 0.05) is 19.0 Å². The van der Waals surface area contributed by atoms with Crippen molar-refractivity contribution >= 4 is 23.0 Å². The molecule has 0 saturated heterocycles. The summed E-state index contributed by atoms with van der Waals surface area (Å²) in [5.41, 5.74) is 5.96. The smallest absolute Gasteiger partial charge is 0.389 e. The van der Waals surface area contributed by atoms with E-state index in [4.69, 9.17) is 17.3 Å². The summed E-state index contributed by atoms with van der Waals surface area (Å²) < 4.78 is 48.6. The van der Waals surface area contributed by atoms with Crippen LogP contribution in [-0.2, 0) is 0 Å². The van der Waals surface area contributed by atoms with Crippen molar-refractivity contribution in [2.45, 2.75) is 19.0 Å². The third-order valence-electron chi connectivity index (χ3n) is 2.04. The predicted molar refractivity (Wildman–Crippen MR) is 59.6 cm³/mol. The largest absolute Gasteiger partial charge is 0.397 e. The SMILES string of the molecule is Nc1cc(Cl)c(F)cc1NCCCC(F)(F)F. The van der Waals surface area contributed by atoms with Crippen LogP contribution in [0, 0.1) is 5.82 Å². The average Bonchev–Trinajstić information content (AvgIpc) is 2.18. The van der Waals surface area contributed by atoms with Crippen LogP contribution in [-0.4, -0.2) is 12.7 Å². The zero-order valence-electron chi connectivity index (χ0n) is 8.74. The molecule has 0 bridgehead atoms. The predicted octanol–water partition coefficient (Wildman–Crippen LogP) is 3.82. The molecular formula is C10H11ClF4N2. The Kier molecular flexibility index (Phi) is 4.45. The van der Waals surface area contributed by atoms with Crippen molar-refractivity contribution in [3.63, 3.8) is 0 Å². The van der Waals surface area contributed by atoms with Gasteiger partial charge in [0.05, 0.1) is 16.4 Å². The third kappa shape index (κ3) is 4.68. The molecule has 3 N–H and O–H groups in total. The molecule has 0 aliphatic rings. The molecule has 0 fully saturated rings. The Morgan fingerprint density at radius 1 is 1.29 bits per heavy atom. The summed E-state index contributed by atoms with van der Waals surface area (Å²) in [7, 11) is 0. The lowest BCUT2D eigenvalue weighted by molar-refractivity contribution is -0.134. The van der Waals surface area contributed by atoms with E-state index in [1.54, 1.807) is 0 Å². The molecule has 1 rings (SSSR count). The van der Waals surface area contributed by atoms with Gasteiger partial charge in [0.15, 0.2) is 0 Å². The first-order chi connectivity index (χ1) is 7.79. The fourth-order valence-corrected chi connectivity index (χ4v) is 1.40. The Morgan fingerprint density at radius 2 is 1.94 bits per heavy atom. The molecule has 96 valence electrons. The van der Waals surface area contributed by atoms with E-state index in [1.807, 2.05) is 0 Å². The van der Waals surface area contributed by atoms with E-state index in [0.717, 1.165) is 6.07 Å². The summed E-state index contributed by atoms with van der Waals surface area (Å²) in [5.74, 6) is -0.667. The van der Waals surface area contributed by atoms with E-state index < -0.39 is 18.4 Å². The number of halogens is 5. The van der Waals surface area contributed by atoms with Crippen LogP contribution in [0.1, 0.15) is 12.8 Å². The molecule has 1 aromatic rings. The van der Waals surface area contributed by atoms with Crippen LogP contribution in [0.3, 0.4) is 0 Å². The van der Waals surface area contributed by atoms with Gasteiger partial charge in [0.2, 0.25) is 0 Å². The van der Waals surface area contributed by atoms with Crippen LogP contribution < -0.4 is 11.1 Å². The van der Waals surface area contributed by atoms with Gasteiger partial charge in [-0.15, -0.1) is 0 Å². The number of rotatable bonds is 4. The molecule has 0 aliphatic heterocycles. The Balaban J connectivity index is 2.50. The van der Waals surface area contributed by atoms with Crippen molar-refractivity contribution in [2.24, 2.45) is 0 Å². The fourth-order valence-electron chi connectivity index (χ4n) is 1.23. The first-order valence-corrected chi connectivity index (χ1v) is 5.22. The van der Waals surface area contributed by atoms with E-state index in [0.29, 0.717) is 0 Å². The minimum absolute atomic E-state index is 0.0603. The molecule has 1 aromatic carbocycles. The van der Waals surface area contributed by atoms with Gasteiger partial charge in [0.25, 0.3) is 0 Å². The van der Waals surface area contributed by atoms with Gasteiger partial charge >= 0.3 is 6.18 Å². The zero-order chi connectivity index (χ0) is 13.1. The number of hydrogen-bond donors (Lipinski definition) is 2. The lowest BCUT2D eigenvalue weighted by Gasteiger charge is -2.11. The Hall–Kier alpha value is -1.17. The number of nitrogens with one attached hydrogen (secondary N) is 1. The summed E-state index contributed by atoms with van der Waals surface area (Å²) in [6.07, 6.45) is -5.18. The normalized spacial score (nSPS) is 11.6. The van der Waals surface area contributed by atoms with E-state index >= 15 is 0 Å². The number of benzene rings is 1. The number of nitrogens with two attached hydrogens (primary N) is 1. The molecule has 0 heterocycles. The van der Waals surface area contributed by atoms with Gasteiger partial charge in [-0.05, 0) is 12.5 Å². The molecule has 0 amide bonds. The van der Waals surface area contributed by atoms with Gasteiger partial charge in [-0.3, -0.25) is 0 Å². The Labute approximate surface area is 101 Å². The van der Waals surface area contributed by atoms with Crippen LogP contribution in [0.15, 0.2) is 12.1 Å². The van der Waals surface area contributed by atoms with Crippen LogP contribution in [0.4, 0.5) is 28.9 Å². The second-order valence-electron chi connectivity index (χ2n) is 3.50. The first-order valence-electron chi connectivity index (χ1n) is 4.85. The molecule has 2 nitrogen and oxygen atoms in total. The molecule has 0 radical (unpaired) electrons. The van der Waals surface area contributed by atoms with Crippen LogP contribution in [0.5, 0.6) is 0 Å². The molecule has 0 unspecified atom stereocenters. The highest BCUT2D eigenvalue weighted by molar-refractivity contribution is 6.31. The summed E-state index contributed by atoms with van der Waals surface area (Å²) in [4.78, 5) is 0. The van der Waals surface area contributed by atoms with E-state index in [1.165, 1.54) is 6.07 Å². The summed E-state index contributed by atoms with van der Waals surface area (Å²) in [6, 6.07) is 2.27. The molecule has 0 saturated carbocycles. The topological polar surface area (TPSA) is 38.0 Å². The van der Waals surface area contributed by atoms with Crippen molar-refractivity contribution in [2.75, 3.05) is 17.6 Å². The highest BCUT2D eigenvalue weighted by atomic mass is 35.5. The molecule has 17 heavy (non-hydrogen) atoms. The highest BCUT2D eigenvalue weighted by Crippen LogP contribution is 2.26. The lowest BCUT2D eigenvalue weighted by atomic mass is 10.2. The fraction of sp³-hybridized carbons (Fsp3) is 0.400. The van der Waals surface area contributed by atoms with Crippen molar-refractivity contribution in [1.29, 1.82) is 0 Å². The van der Waals surface area contributed by atoms with E-state index in [-0.39, 0.29) is 29.4 Å². The summed E-state index contributed by atoms with van der Waals surface area (Å²) >= 11 is 5.48. The number of alkyl halides is 3. The second-order valence-corrected chi connectivity index (χ2v) is 3.91. The first kappa shape index (κ1) is 13.9. The summed E-state index contributed by atoms with van der Waals surface area (Å²) in [6.45, 7) is 0.0603. The van der Waals surface area contributed by atoms with Gasteiger partial charge in [-0.25, -0.2) is 4.39 Å². The van der Waals surface area contributed by atoms with Gasteiger partial charge in [0.1, 0.15) is 5.82 Å². The minimum Gasteiger partial charge on any atom is -0.397 e. The van der Waals surface area contributed by atoms with Crippen LogP contribution in [0.25, 0.3) is 0 Å². The zero-order valence-corrected chi connectivity index (χ0v) is 9.50. The second kappa shape index (κ2) is 5.44. The number of hydrogen-bond acceptors (Lipinski definition) is 2. The highest BCUT2D eigenvalue weighted by Gasteiger charge is 2.25. The Morgan fingerprint density at radius 3 is 2.53 bits per heavy atom. The average molecular weight is 271 g/mol. The maximum atomic E-state index is 13.1. The Bertz CT molecular complexity index is 393. The molecule has 0 aliphatic carbocycles. The molecule has 0 atom stereocenters. The standard InChI is InChI=1S/C10H11ClF4N2/c11-6-4-8(16)9(5-7(6)12)17-3-1-2-10(13,14)15/h4-5,17H,1-3,16H2. The molecular weight excluding hydrogens is 260 g/mol.